The second-order valence-corrected chi connectivity index (χ2v) is 5.68. The molecule has 0 radical (unpaired) electrons. The van der Waals surface area contributed by atoms with E-state index in [2.05, 4.69) is 16.7 Å². The molecule has 1 aromatic carbocycles. The van der Waals surface area contributed by atoms with Gasteiger partial charge in [0.15, 0.2) is 0 Å². The molecular weight excluding hydrogens is 290 g/mol. The molecule has 1 aliphatic rings. The number of amides is 1. The van der Waals surface area contributed by atoms with Crippen molar-refractivity contribution in [2.75, 3.05) is 11.9 Å². The molecule has 1 aliphatic carbocycles. The largest absolute Gasteiger partial charge is 0.392 e. The maximum absolute atomic E-state index is 12.0. The van der Waals surface area contributed by atoms with Crippen LogP contribution in [-0.2, 0) is 11.4 Å². The summed E-state index contributed by atoms with van der Waals surface area (Å²) in [5.74, 6) is -0.232. The van der Waals surface area contributed by atoms with Gasteiger partial charge in [0.25, 0.3) is 0 Å². The van der Waals surface area contributed by atoms with Crippen molar-refractivity contribution in [3.8, 4) is 6.07 Å². The summed E-state index contributed by atoms with van der Waals surface area (Å²) in [6, 6.07) is 7.30. The quantitative estimate of drug-likeness (QED) is 0.778. The third-order valence-corrected chi connectivity index (χ3v) is 4.03. The summed E-state index contributed by atoms with van der Waals surface area (Å²) in [5, 5.41) is 24.6. The van der Waals surface area contributed by atoms with Crippen molar-refractivity contribution in [1.82, 2.24) is 5.32 Å². The number of aliphatic hydroxyl groups is 1. The van der Waals surface area contributed by atoms with Crippen LogP contribution in [0.1, 0.15) is 31.2 Å². The number of carbonyl (C=O) groups excluding carboxylic acids is 1. The van der Waals surface area contributed by atoms with Gasteiger partial charge in [-0.1, -0.05) is 17.7 Å². The molecule has 1 saturated carbocycles. The molecule has 0 atom stereocenters. The fourth-order valence-electron chi connectivity index (χ4n) is 2.54. The molecule has 21 heavy (non-hydrogen) atoms. The Labute approximate surface area is 128 Å². The summed E-state index contributed by atoms with van der Waals surface area (Å²) in [6.45, 7) is -0.0480. The summed E-state index contributed by atoms with van der Waals surface area (Å²) >= 11 is 6.03. The molecule has 1 amide bonds. The van der Waals surface area contributed by atoms with Gasteiger partial charge in [0.05, 0.1) is 29.9 Å². The van der Waals surface area contributed by atoms with Crippen LogP contribution in [0.3, 0.4) is 0 Å². The Kier molecular flexibility index (Phi) is 5.05. The average molecular weight is 308 g/mol. The van der Waals surface area contributed by atoms with Crippen molar-refractivity contribution in [3.63, 3.8) is 0 Å². The van der Waals surface area contributed by atoms with Crippen LogP contribution in [-0.4, -0.2) is 23.1 Å². The molecule has 3 N–H and O–H groups in total. The van der Waals surface area contributed by atoms with Gasteiger partial charge >= 0.3 is 0 Å². The second kappa shape index (κ2) is 6.79. The molecular formula is C15H18ClN3O2. The molecule has 0 bridgehead atoms. The summed E-state index contributed by atoms with van der Waals surface area (Å²) < 4.78 is 0. The third-order valence-electron chi connectivity index (χ3n) is 3.70. The van der Waals surface area contributed by atoms with E-state index in [1.807, 2.05) is 0 Å². The molecule has 6 heteroatoms. The van der Waals surface area contributed by atoms with Crippen LogP contribution in [0.4, 0.5) is 5.69 Å². The summed E-state index contributed by atoms with van der Waals surface area (Å²) in [4.78, 5) is 12.0. The zero-order chi connectivity index (χ0) is 15.3. The van der Waals surface area contributed by atoms with Crippen LogP contribution < -0.4 is 10.6 Å². The van der Waals surface area contributed by atoms with Crippen molar-refractivity contribution < 1.29 is 9.90 Å². The van der Waals surface area contributed by atoms with Gasteiger partial charge in [-0.3, -0.25) is 4.79 Å². The minimum Gasteiger partial charge on any atom is -0.392 e. The van der Waals surface area contributed by atoms with Crippen LogP contribution in [0.25, 0.3) is 0 Å². The summed E-state index contributed by atoms with van der Waals surface area (Å²) in [7, 11) is 0. The first kappa shape index (κ1) is 15.6. The number of halogens is 1. The van der Waals surface area contributed by atoms with E-state index in [0.717, 1.165) is 12.8 Å². The number of hydrogen-bond donors (Lipinski definition) is 3. The predicted octanol–water partition coefficient (Wildman–Crippen LogP) is 2.20. The number of anilines is 1. The van der Waals surface area contributed by atoms with Gasteiger partial charge < -0.3 is 15.7 Å². The van der Waals surface area contributed by atoms with E-state index in [4.69, 9.17) is 16.7 Å². The van der Waals surface area contributed by atoms with E-state index >= 15 is 0 Å². The Bertz CT molecular complexity index is 563. The number of rotatable bonds is 5. The molecule has 0 spiro atoms. The normalized spacial score (nSPS) is 16.2. The molecule has 0 saturated heterocycles. The molecule has 2 rings (SSSR count). The SMILES string of the molecule is N#CC1(NC(=O)CNc2cc(CO)ccc2Cl)CCCC1. The van der Waals surface area contributed by atoms with E-state index < -0.39 is 5.54 Å². The number of nitrogens with zero attached hydrogens (tertiary/aromatic N) is 1. The number of aliphatic hydroxyl groups excluding tert-OH is 1. The van der Waals surface area contributed by atoms with E-state index in [1.54, 1.807) is 18.2 Å². The highest BCUT2D eigenvalue weighted by molar-refractivity contribution is 6.33. The zero-order valence-corrected chi connectivity index (χ0v) is 12.4. The monoisotopic (exact) mass is 307 g/mol. The zero-order valence-electron chi connectivity index (χ0n) is 11.7. The maximum Gasteiger partial charge on any atom is 0.240 e. The highest BCUT2D eigenvalue weighted by atomic mass is 35.5. The lowest BCUT2D eigenvalue weighted by atomic mass is 10.00. The minimum atomic E-state index is -0.713. The number of nitrogens with one attached hydrogen (secondary N) is 2. The molecule has 5 nitrogen and oxygen atoms in total. The molecule has 0 aromatic heterocycles. The lowest BCUT2D eigenvalue weighted by Crippen LogP contribution is -2.47. The highest BCUT2D eigenvalue weighted by Crippen LogP contribution is 2.29. The van der Waals surface area contributed by atoms with E-state index in [-0.39, 0.29) is 19.1 Å². The topological polar surface area (TPSA) is 85.2 Å². The van der Waals surface area contributed by atoms with E-state index in [0.29, 0.717) is 29.1 Å². The second-order valence-electron chi connectivity index (χ2n) is 5.28. The first-order chi connectivity index (χ1) is 10.1. The first-order valence-corrected chi connectivity index (χ1v) is 7.32. The van der Waals surface area contributed by atoms with Crippen LogP contribution in [0.5, 0.6) is 0 Å². The van der Waals surface area contributed by atoms with E-state index in [1.165, 1.54) is 0 Å². The Morgan fingerprint density at radius 2 is 2.14 bits per heavy atom. The van der Waals surface area contributed by atoms with Gasteiger partial charge in [-0.25, -0.2) is 0 Å². The van der Waals surface area contributed by atoms with Gasteiger partial charge in [-0.15, -0.1) is 0 Å². The Morgan fingerprint density at radius 1 is 1.43 bits per heavy atom. The van der Waals surface area contributed by atoms with Gasteiger partial charge in [-0.2, -0.15) is 5.26 Å². The third kappa shape index (κ3) is 3.87. The Hall–Kier alpha value is -1.77. The standard InChI is InChI=1S/C15H18ClN3O2/c16-12-4-3-11(9-20)7-13(12)18-8-14(21)19-15(10-17)5-1-2-6-15/h3-4,7,18,20H,1-2,5-6,8-9H2,(H,19,21). The van der Waals surface area contributed by atoms with Crippen molar-refractivity contribution in [3.05, 3.63) is 28.8 Å². The Balaban J connectivity index is 1.94. The highest BCUT2D eigenvalue weighted by Gasteiger charge is 2.35. The predicted molar refractivity (Wildman–Crippen MR) is 80.8 cm³/mol. The fourth-order valence-corrected chi connectivity index (χ4v) is 2.72. The van der Waals surface area contributed by atoms with Crippen molar-refractivity contribution in [2.24, 2.45) is 0 Å². The summed E-state index contributed by atoms with van der Waals surface area (Å²) in [5.41, 5.74) is 0.595. The number of nitriles is 1. The molecule has 0 heterocycles. The molecule has 112 valence electrons. The van der Waals surface area contributed by atoms with E-state index in [9.17, 15) is 10.1 Å². The lowest BCUT2D eigenvalue weighted by molar-refractivity contribution is -0.120. The number of benzene rings is 1. The van der Waals surface area contributed by atoms with Crippen molar-refractivity contribution in [2.45, 2.75) is 37.8 Å². The molecule has 1 fully saturated rings. The van der Waals surface area contributed by atoms with Crippen LogP contribution in [0.2, 0.25) is 5.02 Å². The van der Waals surface area contributed by atoms with Gasteiger partial charge in [0.1, 0.15) is 5.54 Å². The first-order valence-electron chi connectivity index (χ1n) is 6.94. The molecule has 1 aromatic rings. The Morgan fingerprint density at radius 3 is 2.76 bits per heavy atom. The van der Waals surface area contributed by atoms with Crippen molar-refractivity contribution >= 4 is 23.2 Å². The fraction of sp³-hybridized carbons (Fsp3) is 0.467. The average Bonchev–Trinajstić information content (AvgIpc) is 2.95. The van der Waals surface area contributed by atoms with Crippen LogP contribution in [0, 0.1) is 11.3 Å². The van der Waals surface area contributed by atoms with Gasteiger partial charge in [0, 0.05) is 0 Å². The minimum absolute atomic E-state index is 0.0397. The maximum atomic E-state index is 12.0. The van der Waals surface area contributed by atoms with Gasteiger partial charge in [-0.05, 0) is 43.4 Å². The molecule has 0 unspecified atom stereocenters. The van der Waals surface area contributed by atoms with Crippen LogP contribution >= 0.6 is 11.6 Å². The lowest BCUT2D eigenvalue weighted by Gasteiger charge is -2.22. The van der Waals surface area contributed by atoms with Crippen molar-refractivity contribution in [1.29, 1.82) is 5.26 Å². The van der Waals surface area contributed by atoms with Gasteiger partial charge in [0.2, 0.25) is 5.91 Å². The molecule has 0 aliphatic heterocycles. The number of carbonyl (C=O) groups is 1. The summed E-state index contributed by atoms with van der Waals surface area (Å²) in [6.07, 6.45) is 3.34. The number of hydrogen-bond acceptors (Lipinski definition) is 4. The van der Waals surface area contributed by atoms with Crippen LogP contribution in [0.15, 0.2) is 18.2 Å². The smallest absolute Gasteiger partial charge is 0.240 e.